The number of anilines is 1. The monoisotopic (exact) mass is 334 g/mol. The molecule has 1 aliphatic carbocycles. The van der Waals surface area contributed by atoms with E-state index in [1.54, 1.807) is 11.8 Å². The normalized spacial score (nSPS) is 15.1. The van der Waals surface area contributed by atoms with Gasteiger partial charge in [0.1, 0.15) is 0 Å². The predicted octanol–water partition coefficient (Wildman–Crippen LogP) is 3.42. The van der Waals surface area contributed by atoms with Gasteiger partial charge in [-0.1, -0.05) is 18.2 Å². The van der Waals surface area contributed by atoms with Gasteiger partial charge in [0.05, 0.1) is 5.25 Å². The summed E-state index contributed by atoms with van der Waals surface area (Å²) >= 11 is 1.62. The average Bonchev–Trinajstić information content (AvgIpc) is 3.31. The minimum Gasteiger partial charge on any atom is -0.352 e. The summed E-state index contributed by atoms with van der Waals surface area (Å²) in [6.07, 6.45) is 3.49. The molecule has 2 amide bonds. The van der Waals surface area contributed by atoms with Gasteiger partial charge < -0.3 is 10.6 Å². The molecule has 1 saturated carbocycles. The highest BCUT2D eigenvalue weighted by Crippen LogP contribution is 2.22. The van der Waals surface area contributed by atoms with E-state index in [1.807, 2.05) is 39.0 Å². The predicted molar refractivity (Wildman–Crippen MR) is 96.9 cm³/mol. The number of thioether (sulfide) groups is 1. The van der Waals surface area contributed by atoms with E-state index in [4.69, 9.17) is 0 Å². The van der Waals surface area contributed by atoms with Crippen LogP contribution in [-0.4, -0.2) is 28.9 Å². The summed E-state index contributed by atoms with van der Waals surface area (Å²) in [5.41, 5.74) is 3.08. The molecule has 2 N–H and O–H groups in total. The second-order valence-corrected chi connectivity index (χ2v) is 7.66. The van der Waals surface area contributed by atoms with Crippen LogP contribution in [0.3, 0.4) is 0 Å². The van der Waals surface area contributed by atoms with Crippen molar-refractivity contribution in [2.75, 3.05) is 11.1 Å². The van der Waals surface area contributed by atoms with Gasteiger partial charge in [0.2, 0.25) is 11.8 Å². The minimum atomic E-state index is -0.0442. The van der Waals surface area contributed by atoms with Crippen LogP contribution in [0.2, 0.25) is 0 Å². The van der Waals surface area contributed by atoms with Gasteiger partial charge in [-0.25, -0.2) is 0 Å². The molecule has 0 heterocycles. The molecule has 4 nitrogen and oxygen atoms in total. The van der Waals surface area contributed by atoms with E-state index in [0.29, 0.717) is 12.5 Å². The molecule has 5 heteroatoms. The first kappa shape index (κ1) is 17.9. The number of para-hydroxylation sites is 1. The summed E-state index contributed by atoms with van der Waals surface area (Å²) in [5, 5.41) is 5.96. The van der Waals surface area contributed by atoms with Crippen LogP contribution in [0.1, 0.15) is 43.7 Å². The fourth-order valence-electron chi connectivity index (χ4n) is 2.33. The number of carbonyl (C=O) groups excluding carboxylic acids is 2. The average molecular weight is 334 g/mol. The van der Waals surface area contributed by atoms with E-state index >= 15 is 0 Å². The molecule has 0 radical (unpaired) electrons. The largest absolute Gasteiger partial charge is 0.352 e. The van der Waals surface area contributed by atoms with E-state index in [1.165, 1.54) is 0 Å². The van der Waals surface area contributed by atoms with Gasteiger partial charge >= 0.3 is 0 Å². The van der Waals surface area contributed by atoms with E-state index in [0.717, 1.165) is 41.8 Å². The van der Waals surface area contributed by atoms with Crippen molar-refractivity contribution in [2.45, 2.75) is 57.7 Å². The topological polar surface area (TPSA) is 58.2 Å². The zero-order chi connectivity index (χ0) is 16.8. The second-order valence-electron chi connectivity index (χ2n) is 6.21. The van der Waals surface area contributed by atoms with E-state index < -0.39 is 0 Å². The van der Waals surface area contributed by atoms with Gasteiger partial charge in [-0.3, -0.25) is 9.59 Å². The number of benzene rings is 1. The summed E-state index contributed by atoms with van der Waals surface area (Å²) in [5.74, 6) is 0.981. The Morgan fingerprint density at radius 3 is 2.52 bits per heavy atom. The van der Waals surface area contributed by atoms with Gasteiger partial charge in [0.15, 0.2) is 0 Å². The Labute approximate surface area is 142 Å². The van der Waals surface area contributed by atoms with Gasteiger partial charge in [-0.2, -0.15) is 0 Å². The van der Waals surface area contributed by atoms with Crippen molar-refractivity contribution in [1.29, 1.82) is 0 Å². The number of hydrogen-bond donors (Lipinski definition) is 2. The van der Waals surface area contributed by atoms with Crippen molar-refractivity contribution >= 4 is 29.3 Å². The minimum absolute atomic E-state index is 0.0399. The highest BCUT2D eigenvalue weighted by atomic mass is 32.2. The Kier molecular flexibility index (Phi) is 6.51. The number of hydrogen-bond acceptors (Lipinski definition) is 3. The third-order valence-electron chi connectivity index (χ3n) is 3.95. The molecule has 1 unspecified atom stereocenters. The van der Waals surface area contributed by atoms with Crippen LogP contribution >= 0.6 is 11.8 Å². The van der Waals surface area contributed by atoms with Gasteiger partial charge in [-0.05, 0) is 56.9 Å². The summed E-state index contributed by atoms with van der Waals surface area (Å²) < 4.78 is 0. The summed E-state index contributed by atoms with van der Waals surface area (Å²) in [7, 11) is 0. The molecule has 1 aromatic carbocycles. The first-order chi connectivity index (χ1) is 11.0. The first-order valence-electron chi connectivity index (χ1n) is 8.25. The highest BCUT2D eigenvalue weighted by molar-refractivity contribution is 8.00. The van der Waals surface area contributed by atoms with Crippen LogP contribution in [0.4, 0.5) is 5.69 Å². The Morgan fingerprint density at radius 1 is 1.26 bits per heavy atom. The Hall–Kier alpha value is -1.49. The number of nitrogens with one attached hydrogen (secondary N) is 2. The van der Waals surface area contributed by atoms with Crippen LogP contribution in [0.25, 0.3) is 0 Å². The Morgan fingerprint density at radius 2 is 1.91 bits per heavy atom. The van der Waals surface area contributed by atoms with Crippen LogP contribution in [-0.2, 0) is 9.59 Å². The van der Waals surface area contributed by atoms with Gasteiger partial charge in [-0.15, -0.1) is 11.8 Å². The standard InChI is InChI=1S/C18H26N2O2S/c1-12-6-4-7-13(2)17(12)20-16(21)8-5-11-23-14(3)18(22)19-15-9-10-15/h4,6-7,14-15H,5,8-11H2,1-3H3,(H,19,22)(H,20,21). The maximum atomic E-state index is 12.0. The first-order valence-corrected chi connectivity index (χ1v) is 9.30. The van der Waals surface area contributed by atoms with E-state index in [-0.39, 0.29) is 17.1 Å². The zero-order valence-corrected chi connectivity index (χ0v) is 15.0. The lowest BCUT2D eigenvalue weighted by molar-refractivity contribution is -0.120. The lowest BCUT2D eigenvalue weighted by atomic mass is 10.1. The molecule has 126 valence electrons. The van der Waals surface area contributed by atoms with Crippen LogP contribution < -0.4 is 10.6 Å². The molecule has 1 fully saturated rings. The number of carbonyl (C=O) groups is 2. The molecule has 0 aromatic heterocycles. The van der Waals surface area contributed by atoms with Gasteiger partial charge in [0.25, 0.3) is 0 Å². The maximum Gasteiger partial charge on any atom is 0.233 e. The van der Waals surface area contributed by atoms with Gasteiger partial charge in [0, 0.05) is 18.2 Å². The Bertz CT molecular complexity index is 550. The molecule has 23 heavy (non-hydrogen) atoms. The second kappa shape index (κ2) is 8.39. The third-order valence-corrected chi connectivity index (χ3v) is 5.19. The maximum absolute atomic E-state index is 12.0. The quantitative estimate of drug-likeness (QED) is 0.716. The molecule has 0 spiro atoms. The summed E-state index contributed by atoms with van der Waals surface area (Å²) in [6, 6.07) is 6.40. The van der Waals surface area contributed by atoms with Crippen LogP contribution in [0, 0.1) is 13.8 Å². The van der Waals surface area contributed by atoms with Crippen molar-refractivity contribution in [3.63, 3.8) is 0 Å². The van der Waals surface area contributed by atoms with Crippen molar-refractivity contribution in [3.8, 4) is 0 Å². The summed E-state index contributed by atoms with van der Waals surface area (Å²) in [4.78, 5) is 23.9. The van der Waals surface area contributed by atoms with E-state index in [2.05, 4.69) is 10.6 Å². The third kappa shape index (κ3) is 5.90. The van der Waals surface area contributed by atoms with Crippen molar-refractivity contribution in [3.05, 3.63) is 29.3 Å². The van der Waals surface area contributed by atoms with Crippen LogP contribution in [0.15, 0.2) is 18.2 Å². The summed E-state index contributed by atoms with van der Waals surface area (Å²) in [6.45, 7) is 5.93. The molecule has 1 atom stereocenters. The SMILES string of the molecule is Cc1cccc(C)c1NC(=O)CCCSC(C)C(=O)NC1CC1. The highest BCUT2D eigenvalue weighted by Gasteiger charge is 2.25. The lowest BCUT2D eigenvalue weighted by Crippen LogP contribution is -2.32. The molecular formula is C18H26N2O2S. The molecule has 1 aromatic rings. The fourth-order valence-corrected chi connectivity index (χ4v) is 3.21. The molecular weight excluding hydrogens is 308 g/mol. The van der Waals surface area contributed by atoms with Crippen molar-refractivity contribution in [2.24, 2.45) is 0 Å². The molecule has 0 saturated heterocycles. The molecule has 0 aliphatic heterocycles. The number of rotatable bonds is 8. The molecule has 0 bridgehead atoms. The molecule has 2 rings (SSSR count). The number of amides is 2. The van der Waals surface area contributed by atoms with Crippen molar-refractivity contribution in [1.82, 2.24) is 5.32 Å². The molecule has 1 aliphatic rings. The smallest absolute Gasteiger partial charge is 0.233 e. The number of aryl methyl sites for hydroxylation is 2. The lowest BCUT2D eigenvalue weighted by Gasteiger charge is -2.12. The van der Waals surface area contributed by atoms with Crippen LogP contribution in [0.5, 0.6) is 0 Å². The Balaban J connectivity index is 1.65. The zero-order valence-electron chi connectivity index (χ0n) is 14.1. The van der Waals surface area contributed by atoms with E-state index in [9.17, 15) is 9.59 Å². The fraction of sp³-hybridized carbons (Fsp3) is 0.556. The van der Waals surface area contributed by atoms with Crippen molar-refractivity contribution < 1.29 is 9.59 Å².